The predicted octanol–water partition coefficient (Wildman–Crippen LogP) is 3.10. The van der Waals surface area contributed by atoms with E-state index in [4.69, 9.17) is 10.5 Å². The molecule has 1 unspecified atom stereocenters. The maximum Gasteiger partial charge on any atom is 0.196 e. The largest absolute Gasteiger partial charge is 0.490 e. The van der Waals surface area contributed by atoms with Crippen LogP contribution in [0.25, 0.3) is 0 Å². The van der Waals surface area contributed by atoms with Crippen molar-refractivity contribution in [2.75, 3.05) is 5.73 Å². The highest BCUT2D eigenvalue weighted by Crippen LogP contribution is 2.30. The summed E-state index contributed by atoms with van der Waals surface area (Å²) in [6.07, 6.45) is 0.733. The molecule has 3 rings (SSSR count). The van der Waals surface area contributed by atoms with Gasteiger partial charge in [0.25, 0.3) is 0 Å². The van der Waals surface area contributed by atoms with Gasteiger partial charge < -0.3 is 10.5 Å². The van der Waals surface area contributed by atoms with Crippen LogP contribution in [0, 0.1) is 11.6 Å². The lowest BCUT2D eigenvalue weighted by Crippen LogP contribution is -2.08. The molecule has 0 saturated carbocycles. The average Bonchev–Trinajstić information content (AvgIpc) is 2.81. The Morgan fingerprint density at radius 1 is 1.29 bits per heavy atom. The summed E-state index contributed by atoms with van der Waals surface area (Å²) < 4.78 is 32.8. The fourth-order valence-corrected chi connectivity index (χ4v) is 2.49. The van der Waals surface area contributed by atoms with Gasteiger partial charge in [-0.2, -0.15) is 0 Å². The third-order valence-electron chi connectivity index (χ3n) is 3.47. The molecule has 0 aliphatic carbocycles. The van der Waals surface area contributed by atoms with Crippen molar-refractivity contribution in [3.05, 3.63) is 58.7 Å². The van der Waals surface area contributed by atoms with Gasteiger partial charge in [0.15, 0.2) is 11.6 Å². The van der Waals surface area contributed by atoms with E-state index in [1.54, 1.807) is 18.2 Å². The molecule has 5 heteroatoms. The Kier molecular flexibility index (Phi) is 3.12. The first-order valence-electron chi connectivity index (χ1n) is 6.54. The van der Waals surface area contributed by atoms with Crippen LogP contribution in [0.1, 0.15) is 28.4 Å². The molecule has 1 aliphatic heterocycles. The topological polar surface area (TPSA) is 52.3 Å². The number of nitrogens with two attached hydrogens (primary N) is 1. The molecule has 1 aliphatic rings. The fraction of sp³-hybridized carbons (Fsp3) is 0.188. The van der Waals surface area contributed by atoms with Crippen molar-refractivity contribution in [2.45, 2.75) is 19.4 Å². The highest BCUT2D eigenvalue weighted by Gasteiger charge is 2.23. The molecule has 0 aromatic heterocycles. The van der Waals surface area contributed by atoms with Crippen LogP contribution >= 0.6 is 0 Å². The van der Waals surface area contributed by atoms with Gasteiger partial charge in [0.05, 0.1) is 11.3 Å². The molecule has 0 amide bonds. The molecule has 1 atom stereocenters. The molecule has 0 saturated heterocycles. The molecule has 0 spiro atoms. The van der Waals surface area contributed by atoms with E-state index in [0.29, 0.717) is 6.42 Å². The zero-order valence-electron chi connectivity index (χ0n) is 11.3. The molecule has 0 fully saturated rings. The molecule has 21 heavy (non-hydrogen) atoms. The minimum atomic E-state index is -0.897. The van der Waals surface area contributed by atoms with Crippen LogP contribution in [0.4, 0.5) is 14.5 Å². The van der Waals surface area contributed by atoms with Crippen molar-refractivity contribution in [3.8, 4) is 5.75 Å². The Hall–Kier alpha value is -2.43. The number of anilines is 1. The first-order valence-corrected chi connectivity index (χ1v) is 6.54. The van der Waals surface area contributed by atoms with Crippen molar-refractivity contribution in [1.82, 2.24) is 0 Å². The lowest BCUT2D eigenvalue weighted by molar-refractivity contribution is 0.103. The third-order valence-corrected chi connectivity index (χ3v) is 3.47. The van der Waals surface area contributed by atoms with Crippen LogP contribution in [0.3, 0.4) is 0 Å². The number of ketones is 1. The fourth-order valence-electron chi connectivity index (χ4n) is 2.49. The SMILES string of the molecule is CC1Cc2cc(C(=O)c3cc(F)cc(N)c3F)ccc2O1. The van der Waals surface area contributed by atoms with Gasteiger partial charge in [-0.3, -0.25) is 4.79 Å². The number of rotatable bonds is 2. The number of hydrogen-bond acceptors (Lipinski definition) is 3. The zero-order chi connectivity index (χ0) is 15.1. The summed E-state index contributed by atoms with van der Waals surface area (Å²) in [4.78, 5) is 12.3. The van der Waals surface area contributed by atoms with E-state index < -0.39 is 17.4 Å². The highest BCUT2D eigenvalue weighted by molar-refractivity contribution is 6.09. The van der Waals surface area contributed by atoms with Gasteiger partial charge in [0.2, 0.25) is 0 Å². The number of fused-ring (bicyclic) bond motifs is 1. The number of hydrogen-bond donors (Lipinski definition) is 1. The summed E-state index contributed by atoms with van der Waals surface area (Å²) in [5.74, 6) is -1.51. The molecule has 1 heterocycles. The van der Waals surface area contributed by atoms with Gasteiger partial charge in [-0.25, -0.2) is 8.78 Å². The second kappa shape index (κ2) is 4.84. The molecule has 108 valence electrons. The van der Waals surface area contributed by atoms with Crippen molar-refractivity contribution in [1.29, 1.82) is 0 Å². The molecule has 2 aromatic rings. The maximum atomic E-state index is 13.9. The molecule has 0 radical (unpaired) electrons. The van der Waals surface area contributed by atoms with E-state index >= 15 is 0 Å². The Morgan fingerprint density at radius 3 is 2.81 bits per heavy atom. The van der Waals surface area contributed by atoms with Crippen LogP contribution in [0.5, 0.6) is 5.75 Å². The van der Waals surface area contributed by atoms with Crippen molar-refractivity contribution in [3.63, 3.8) is 0 Å². The number of carbonyl (C=O) groups is 1. The lowest BCUT2D eigenvalue weighted by atomic mass is 9.99. The van der Waals surface area contributed by atoms with Crippen LogP contribution in [-0.4, -0.2) is 11.9 Å². The van der Waals surface area contributed by atoms with E-state index in [1.807, 2.05) is 6.92 Å². The molecule has 2 aromatic carbocycles. The molecular formula is C16H13F2NO2. The van der Waals surface area contributed by atoms with Gasteiger partial charge in [-0.15, -0.1) is 0 Å². The highest BCUT2D eigenvalue weighted by atomic mass is 19.1. The summed E-state index contributed by atoms with van der Waals surface area (Å²) in [7, 11) is 0. The van der Waals surface area contributed by atoms with Crippen LogP contribution in [0.2, 0.25) is 0 Å². The van der Waals surface area contributed by atoms with E-state index in [-0.39, 0.29) is 22.9 Å². The second-order valence-electron chi connectivity index (χ2n) is 5.14. The van der Waals surface area contributed by atoms with E-state index in [9.17, 15) is 13.6 Å². The van der Waals surface area contributed by atoms with Gasteiger partial charge in [-0.05, 0) is 42.8 Å². The van der Waals surface area contributed by atoms with Gasteiger partial charge in [-0.1, -0.05) is 0 Å². The third kappa shape index (κ3) is 2.35. The Balaban J connectivity index is 2.02. The van der Waals surface area contributed by atoms with Crippen molar-refractivity contribution >= 4 is 11.5 Å². The smallest absolute Gasteiger partial charge is 0.196 e. The van der Waals surface area contributed by atoms with Gasteiger partial charge >= 0.3 is 0 Å². The van der Waals surface area contributed by atoms with Crippen LogP contribution in [0.15, 0.2) is 30.3 Å². The predicted molar refractivity (Wildman–Crippen MR) is 74.4 cm³/mol. The van der Waals surface area contributed by atoms with Gasteiger partial charge in [0.1, 0.15) is 17.7 Å². The summed E-state index contributed by atoms with van der Waals surface area (Å²) >= 11 is 0. The standard InChI is InChI=1S/C16H13F2NO2/c1-8-4-10-5-9(2-3-14(10)21-8)16(20)12-6-11(17)7-13(19)15(12)18/h2-3,5-8H,4,19H2,1H3. The lowest BCUT2D eigenvalue weighted by Gasteiger charge is -2.07. The number of nitrogen functional groups attached to an aromatic ring is 1. The van der Waals surface area contributed by atoms with Crippen LogP contribution < -0.4 is 10.5 Å². The Labute approximate surface area is 120 Å². The summed E-state index contributed by atoms with van der Waals surface area (Å²) in [6.45, 7) is 1.93. The summed E-state index contributed by atoms with van der Waals surface area (Å²) in [5.41, 5.74) is 5.79. The first kappa shape index (κ1) is 13.5. The molecule has 2 N–H and O–H groups in total. The van der Waals surface area contributed by atoms with Crippen molar-refractivity contribution in [2.24, 2.45) is 0 Å². The summed E-state index contributed by atoms with van der Waals surface area (Å²) in [6, 6.07) is 6.58. The quantitative estimate of drug-likeness (QED) is 0.682. The molecular weight excluding hydrogens is 276 g/mol. The Bertz CT molecular complexity index is 743. The first-order chi connectivity index (χ1) is 9.95. The number of ether oxygens (including phenoxy) is 1. The zero-order valence-corrected chi connectivity index (χ0v) is 11.3. The Morgan fingerprint density at radius 2 is 2.05 bits per heavy atom. The number of benzene rings is 2. The number of halogens is 2. The average molecular weight is 289 g/mol. The second-order valence-corrected chi connectivity index (χ2v) is 5.14. The van der Waals surface area contributed by atoms with Gasteiger partial charge in [0, 0.05) is 12.0 Å². The minimum absolute atomic E-state index is 0.0481. The molecule has 3 nitrogen and oxygen atoms in total. The normalized spacial score (nSPS) is 16.4. The van der Waals surface area contributed by atoms with E-state index in [2.05, 4.69) is 0 Å². The van der Waals surface area contributed by atoms with E-state index in [0.717, 1.165) is 23.4 Å². The number of carbonyl (C=O) groups excluding carboxylic acids is 1. The monoisotopic (exact) mass is 289 g/mol. The maximum absolute atomic E-state index is 13.9. The van der Waals surface area contributed by atoms with Crippen molar-refractivity contribution < 1.29 is 18.3 Å². The summed E-state index contributed by atoms with van der Waals surface area (Å²) in [5, 5.41) is 0. The van der Waals surface area contributed by atoms with Crippen LogP contribution in [-0.2, 0) is 6.42 Å². The molecule has 0 bridgehead atoms. The van der Waals surface area contributed by atoms with E-state index in [1.165, 1.54) is 0 Å². The minimum Gasteiger partial charge on any atom is -0.490 e.